The fourth-order valence-corrected chi connectivity index (χ4v) is 1.79. The van der Waals surface area contributed by atoms with Crippen molar-refractivity contribution < 1.29 is 4.79 Å². The number of pyridine rings is 1. The number of rotatable bonds is 5. The maximum atomic E-state index is 11.9. The second-order valence-electron chi connectivity index (χ2n) is 4.76. The van der Waals surface area contributed by atoms with Gasteiger partial charge in [0.05, 0.1) is 5.56 Å². The van der Waals surface area contributed by atoms with E-state index in [0.29, 0.717) is 16.1 Å². The van der Waals surface area contributed by atoms with Gasteiger partial charge in [0.15, 0.2) is 0 Å². The molecule has 0 radical (unpaired) electrons. The summed E-state index contributed by atoms with van der Waals surface area (Å²) in [7, 11) is 0. The van der Waals surface area contributed by atoms with E-state index in [1.165, 1.54) is 0 Å². The van der Waals surface area contributed by atoms with Crippen molar-refractivity contribution in [2.45, 2.75) is 39.7 Å². The van der Waals surface area contributed by atoms with Crippen LogP contribution >= 0.6 is 12.2 Å². The van der Waals surface area contributed by atoms with E-state index in [-0.39, 0.29) is 11.9 Å². The number of nitrogens with one attached hydrogen (secondary N) is 2. The third-order valence-electron chi connectivity index (χ3n) is 2.62. The van der Waals surface area contributed by atoms with Crippen LogP contribution in [0.2, 0.25) is 0 Å². The standard InChI is InChI=1S/C13H20N2OS/c1-9(2)6-7-10(3)15-12(16)11-5-4-8-14-13(11)17/h4-5,8-10H,6-7H2,1-3H3,(H,14,17)(H,15,16)/t10-/m0/s1. The highest BCUT2D eigenvalue weighted by molar-refractivity contribution is 7.71. The molecule has 0 saturated heterocycles. The van der Waals surface area contributed by atoms with Gasteiger partial charge in [-0.2, -0.15) is 0 Å². The summed E-state index contributed by atoms with van der Waals surface area (Å²) in [4.78, 5) is 14.8. The number of aromatic amines is 1. The van der Waals surface area contributed by atoms with Gasteiger partial charge in [0.25, 0.3) is 5.91 Å². The molecule has 0 spiro atoms. The van der Waals surface area contributed by atoms with Gasteiger partial charge >= 0.3 is 0 Å². The summed E-state index contributed by atoms with van der Waals surface area (Å²) in [6.45, 7) is 6.39. The Kier molecular flexibility index (Phi) is 5.35. The van der Waals surface area contributed by atoms with Crippen molar-refractivity contribution in [1.29, 1.82) is 0 Å². The van der Waals surface area contributed by atoms with E-state index < -0.39 is 0 Å². The van der Waals surface area contributed by atoms with Crippen LogP contribution < -0.4 is 5.32 Å². The lowest BCUT2D eigenvalue weighted by molar-refractivity contribution is 0.0936. The minimum absolute atomic E-state index is 0.0943. The normalized spacial score (nSPS) is 12.5. The molecule has 1 rings (SSSR count). The zero-order valence-corrected chi connectivity index (χ0v) is 11.4. The van der Waals surface area contributed by atoms with Gasteiger partial charge in [0, 0.05) is 12.2 Å². The first kappa shape index (κ1) is 13.9. The van der Waals surface area contributed by atoms with E-state index in [1.807, 2.05) is 6.92 Å². The van der Waals surface area contributed by atoms with Crippen LogP contribution in [0.25, 0.3) is 0 Å². The van der Waals surface area contributed by atoms with Crippen molar-refractivity contribution in [3.05, 3.63) is 28.5 Å². The second kappa shape index (κ2) is 6.55. The number of carbonyl (C=O) groups excluding carboxylic acids is 1. The quantitative estimate of drug-likeness (QED) is 0.790. The second-order valence-corrected chi connectivity index (χ2v) is 5.17. The summed E-state index contributed by atoms with van der Waals surface area (Å²) in [5.41, 5.74) is 0.541. The van der Waals surface area contributed by atoms with E-state index in [1.54, 1.807) is 18.3 Å². The molecular weight excluding hydrogens is 232 g/mol. The van der Waals surface area contributed by atoms with Crippen LogP contribution in [-0.2, 0) is 0 Å². The van der Waals surface area contributed by atoms with Gasteiger partial charge in [-0.25, -0.2) is 0 Å². The molecule has 4 heteroatoms. The molecule has 0 unspecified atom stereocenters. The molecule has 1 heterocycles. The highest BCUT2D eigenvalue weighted by Crippen LogP contribution is 2.07. The first-order chi connectivity index (χ1) is 8.00. The Hall–Kier alpha value is -1.16. The Morgan fingerprint density at radius 1 is 1.41 bits per heavy atom. The zero-order valence-electron chi connectivity index (χ0n) is 10.6. The highest BCUT2D eigenvalue weighted by atomic mass is 32.1. The third-order valence-corrected chi connectivity index (χ3v) is 2.96. The smallest absolute Gasteiger partial charge is 0.254 e. The summed E-state index contributed by atoms with van der Waals surface area (Å²) in [6, 6.07) is 3.70. The van der Waals surface area contributed by atoms with Crippen molar-refractivity contribution in [2.75, 3.05) is 0 Å². The molecule has 1 aromatic heterocycles. The summed E-state index contributed by atoms with van der Waals surface area (Å²) in [6.07, 6.45) is 3.83. The van der Waals surface area contributed by atoms with Gasteiger partial charge in [-0.15, -0.1) is 0 Å². The topological polar surface area (TPSA) is 44.9 Å². The Balaban J connectivity index is 2.55. The van der Waals surface area contributed by atoms with Gasteiger partial charge in [-0.05, 0) is 37.8 Å². The molecule has 2 N–H and O–H groups in total. The molecule has 0 aliphatic heterocycles. The SMILES string of the molecule is CC(C)CC[C@H](C)NC(=O)c1ccc[nH]c1=S. The third kappa shape index (κ3) is 4.69. The molecule has 0 fully saturated rings. The molecule has 0 saturated carbocycles. The van der Waals surface area contributed by atoms with Gasteiger partial charge in [0.1, 0.15) is 4.64 Å². The molecule has 17 heavy (non-hydrogen) atoms. The van der Waals surface area contributed by atoms with Gasteiger partial charge in [-0.3, -0.25) is 4.79 Å². The summed E-state index contributed by atoms with van der Waals surface area (Å²) < 4.78 is 0.487. The van der Waals surface area contributed by atoms with Crippen molar-refractivity contribution in [3.63, 3.8) is 0 Å². The van der Waals surface area contributed by atoms with Crippen molar-refractivity contribution in [3.8, 4) is 0 Å². The van der Waals surface area contributed by atoms with E-state index in [0.717, 1.165) is 12.8 Å². The lowest BCUT2D eigenvalue weighted by Gasteiger charge is -2.15. The van der Waals surface area contributed by atoms with Crippen molar-refractivity contribution >= 4 is 18.1 Å². The van der Waals surface area contributed by atoms with E-state index in [2.05, 4.69) is 24.1 Å². The van der Waals surface area contributed by atoms with Crippen LogP contribution in [0.3, 0.4) is 0 Å². The number of hydrogen-bond acceptors (Lipinski definition) is 2. The van der Waals surface area contributed by atoms with Crippen LogP contribution in [0.4, 0.5) is 0 Å². The van der Waals surface area contributed by atoms with Crippen molar-refractivity contribution in [1.82, 2.24) is 10.3 Å². The number of amides is 1. The van der Waals surface area contributed by atoms with Gasteiger partial charge in [-0.1, -0.05) is 26.1 Å². The monoisotopic (exact) mass is 252 g/mol. The summed E-state index contributed by atoms with van der Waals surface area (Å²) >= 11 is 5.07. The molecule has 0 bridgehead atoms. The van der Waals surface area contributed by atoms with Gasteiger partial charge < -0.3 is 10.3 Å². The number of aromatic nitrogens is 1. The zero-order chi connectivity index (χ0) is 12.8. The predicted molar refractivity (Wildman–Crippen MR) is 72.6 cm³/mol. The number of carbonyl (C=O) groups is 1. The molecule has 0 aliphatic rings. The van der Waals surface area contributed by atoms with Crippen LogP contribution in [0.5, 0.6) is 0 Å². The minimum Gasteiger partial charge on any atom is -0.352 e. The maximum absolute atomic E-state index is 11.9. The first-order valence-corrected chi connectivity index (χ1v) is 6.40. The molecule has 1 aromatic rings. The highest BCUT2D eigenvalue weighted by Gasteiger charge is 2.11. The minimum atomic E-state index is -0.0943. The van der Waals surface area contributed by atoms with E-state index >= 15 is 0 Å². The van der Waals surface area contributed by atoms with Crippen molar-refractivity contribution in [2.24, 2.45) is 5.92 Å². The fraction of sp³-hybridized carbons (Fsp3) is 0.538. The number of H-pyrrole nitrogens is 1. The Labute approximate surface area is 108 Å². The molecule has 94 valence electrons. The van der Waals surface area contributed by atoms with E-state index in [4.69, 9.17) is 12.2 Å². The summed E-state index contributed by atoms with van der Waals surface area (Å²) in [5.74, 6) is 0.567. The number of hydrogen-bond donors (Lipinski definition) is 2. The summed E-state index contributed by atoms with van der Waals surface area (Å²) in [5, 5.41) is 2.97. The Morgan fingerprint density at radius 3 is 2.71 bits per heavy atom. The lowest BCUT2D eigenvalue weighted by atomic mass is 10.0. The molecule has 1 amide bonds. The van der Waals surface area contributed by atoms with Crippen LogP contribution in [0, 0.1) is 10.6 Å². The Bertz CT molecular complexity index is 425. The molecule has 1 atom stereocenters. The fourth-order valence-electron chi connectivity index (χ4n) is 1.56. The predicted octanol–water partition coefficient (Wildman–Crippen LogP) is 3.30. The van der Waals surface area contributed by atoms with Crippen LogP contribution in [-0.4, -0.2) is 16.9 Å². The Morgan fingerprint density at radius 2 is 2.12 bits per heavy atom. The first-order valence-electron chi connectivity index (χ1n) is 5.99. The average Bonchev–Trinajstić information content (AvgIpc) is 2.26. The average molecular weight is 252 g/mol. The van der Waals surface area contributed by atoms with Crippen LogP contribution in [0.15, 0.2) is 18.3 Å². The van der Waals surface area contributed by atoms with Gasteiger partial charge in [0.2, 0.25) is 0 Å². The molecular formula is C13H20N2OS. The maximum Gasteiger partial charge on any atom is 0.254 e. The lowest BCUT2D eigenvalue weighted by Crippen LogP contribution is -2.33. The molecule has 0 aromatic carbocycles. The van der Waals surface area contributed by atoms with Crippen LogP contribution in [0.1, 0.15) is 44.0 Å². The molecule has 3 nitrogen and oxygen atoms in total. The molecule has 0 aliphatic carbocycles. The largest absolute Gasteiger partial charge is 0.352 e. The van der Waals surface area contributed by atoms with E-state index in [9.17, 15) is 4.79 Å².